The minimum Gasteiger partial charge on any atom is -0.478 e. The van der Waals surface area contributed by atoms with E-state index in [0.29, 0.717) is 43.2 Å². The Morgan fingerprint density at radius 2 is 0.875 bits per heavy atom. The standard InChI is InChI=1S/C46H56N4O6/c1-25(2)29-15-13-16-30(26(3)4)41(29)47-43(51)33-23-35(49-19-9-10-20-49)39(44(52)48-42-31(27(5)6)17-14-18-32(42)28(7)8)38-34(45(53)54)24-36(50-21-11-12-22-50)40(37(33)38)46(55)56/h13-18,23-28H,9-12,19-22H2,1-8H3,(H,47,51)(H,48,52)(H,53,54)(H,55,56). The molecule has 0 saturated carbocycles. The molecule has 6 rings (SSSR count). The molecule has 2 aliphatic heterocycles. The Morgan fingerprint density at radius 1 is 0.518 bits per heavy atom. The smallest absolute Gasteiger partial charge is 0.338 e. The van der Waals surface area contributed by atoms with E-state index in [1.165, 1.54) is 6.07 Å². The van der Waals surface area contributed by atoms with E-state index in [1.54, 1.807) is 6.07 Å². The molecule has 10 nitrogen and oxygen atoms in total. The number of aromatic carboxylic acids is 2. The van der Waals surface area contributed by atoms with Crippen molar-refractivity contribution in [2.24, 2.45) is 0 Å². The number of fused-ring (bicyclic) bond motifs is 1. The van der Waals surface area contributed by atoms with Crippen molar-refractivity contribution in [3.8, 4) is 0 Å². The fourth-order valence-electron chi connectivity index (χ4n) is 8.56. The number of carboxylic acid groups (broad SMARTS) is 2. The SMILES string of the molecule is CC(C)c1cccc(C(C)C)c1NC(=O)c1cc(N2CCCC2)c(C(=O)Nc2c(C(C)C)cccc2C(C)C)c2c(C(=O)O)cc(N3CCCC3)c(C(=O)O)c12. The van der Waals surface area contributed by atoms with E-state index in [2.05, 4.69) is 66.0 Å². The van der Waals surface area contributed by atoms with E-state index in [1.807, 2.05) is 46.2 Å². The molecule has 4 aromatic rings. The van der Waals surface area contributed by atoms with Crippen LogP contribution in [0.4, 0.5) is 22.7 Å². The summed E-state index contributed by atoms with van der Waals surface area (Å²) in [5, 5.41) is 28.4. The number of nitrogens with zero attached hydrogens (tertiary/aromatic N) is 2. The van der Waals surface area contributed by atoms with Gasteiger partial charge in [-0.15, -0.1) is 0 Å². The lowest BCUT2D eigenvalue weighted by atomic mass is 9.87. The Hall–Kier alpha value is -5.38. The highest BCUT2D eigenvalue weighted by molar-refractivity contribution is 6.30. The maximum absolute atomic E-state index is 15.2. The highest BCUT2D eigenvalue weighted by Crippen LogP contribution is 2.44. The normalized spacial score (nSPS) is 14.5. The quantitative estimate of drug-likeness (QED) is 0.112. The molecule has 2 heterocycles. The van der Waals surface area contributed by atoms with Crippen LogP contribution in [0, 0.1) is 0 Å². The number of carbonyl (C=O) groups excluding carboxylic acids is 2. The van der Waals surface area contributed by atoms with E-state index in [-0.39, 0.29) is 62.4 Å². The number of para-hydroxylation sites is 2. The van der Waals surface area contributed by atoms with Gasteiger partial charge < -0.3 is 30.6 Å². The van der Waals surface area contributed by atoms with Gasteiger partial charge in [-0.1, -0.05) is 91.8 Å². The van der Waals surface area contributed by atoms with E-state index < -0.39 is 23.8 Å². The summed E-state index contributed by atoms with van der Waals surface area (Å²) in [6, 6.07) is 14.9. The van der Waals surface area contributed by atoms with Gasteiger partial charge in [-0.05, 0) is 83.7 Å². The maximum Gasteiger partial charge on any atom is 0.338 e. The van der Waals surface area contributed by atoms with Gasteiger partial charge in [-0.2, -0.15) is 0 Å². The van der Waals surface area contributed by atoms with Gasteiger partial charge in [-0.3, -0.25) is 9.59 Å². The molecule has 4 N–H and O–H groups in total. The summed E-state index contributed by atoms with van der Waals surface area (Å²) in [4.78, 5) is 61.3. The molecule has 2 saturated heterocycles. The Morgan fingerprint density at radius 3 is 1.25 bits per heavy atom. The zero-order chi connectivity index (χ0) is 40.6. The van der Waals surface area contributed by atoms with Crippen molar-refractivity contribution in [3.63, 3.8) is 0 Å². The fourth-order valence-corrected chi connectivity index (χ4v) is 8.56. The van der Waals surface area contributed by atoms with Crippen molar-refractivity contribution in [1.29, 1.82) is 0 Å². The third-order valence-corrected chi connectivity index (χ3v) is 11.4. The molecule has 0 radical (unpaired) electrons. The predicted octanol–water partition coefficient (Wildman–Crippen LogP) is 10.4. The number of hydrogen-bond donors (Lipinski definition) is 4. The van der Waals surface area contributed by atoms with Crippen LogP contribution in [0.3, 0.4) is 0 Å². The molecule has 296 valence electrons. The van der Waals surface area contributed by atoms with Crippen LogP contribution in [-0.2, 0) is 0 Å². The summed E-state index contributed by atoms with van der Waals surface area (Å²) in [7, 11) is 0. The van der Waals surface area contributed by atoms with Gasteiger partial charge in [0.25, 0.3) is 11.8 Å². The van der Waals surface area contributed by atoms with E-state index in [0.717, 1.165) is 47.9 Å². The van der Waals surface area contributed by atoms with Crippen molar-refractivity contribution in [3.05, 3.63) is 93.0 Å². The molecule has 56 heavy (non-hydrogen) atoms. The van der Waals surface area contributed by atoms with Crippen molar-refractivity contribution < 1.29 is 29.4 Å². The molecule has 0 atom stereocenters. The molecule has 4 aromatic carbocycles. The molecule has 2 amide bonds. The van der Waals surface area contributed by atoms with Crippen LogP contribution < -0.4 is 20.4 Å². The van der Waals surface area contributed by atoms with Gasteiger partial charge in [-0.25, -0.2) is 9.59 Å². The minimum atomic E-state index is -1.32. The van der Waals surface area contributed by atoms with Crippen molar-refractivity contribution >= 4 is 57.3 Å². The van der Waals surface area contributed by atoms with Gasteiger partial charge >= 0.3 is 11.9 Å². The number of anilines is 4. The fraction of sp³-hybridized carbons (Fsp3) is 0.435. The van der Waals surface area contributed by atoms with Gasteiger partial charge in [0.15, 0.2) is 0 Å². The Bertz CT molecular complexity index is 2140. The molecule has 0 bridgehead atoms. The summed E-state index contributed by atoms with van der Waals surface area (Å²) in [5.74, 6) is -3.50. The maximum atomic E-state index is 15.2. The topological polar surface area (TPSA) is 139 Å². The van der Waals surface area contributed by atoms with Crippen molar-refractivity contribution in [1.82, 2.24) is 0 Å². The zero-order valence-corrected chi connectivity index (χ0v) is 34.0. The Labute approximate surface area is 330 Å². The Kier molecular flexibility index (Phi) is 11.8. The highest BCUT2D eigenvalue weighted by Gasteiger charge is 2.35. The summed E-state index contributed by atoms with van der Waals surface area (Å²) < 4.78 is 0. The second-order valence-electron chi connectivity index (χ2n) is 16.5. The van der Waals surface area contributed by atoms with Crippen LogP contribution in [0.2, 0.25) is 0 Å². The average Bonchev–Trinajstić information content (AvgIpc) is 3.89. The van der Waals surface area contributed by atoms with Crippen molar-refractivity contribution in [2.45, 2.75) is 105 Å². The van der Waals surface area contributed by atoms with Crippen molar-refractivity contribution in [2.75, 3.05) is 46.6 Å². The number of nitrogens with one attached hydrogen (secondary N) is 2. The molecule has 0 aliphatic carbocycles. The first-order valence-corrected chi connectivity index (χ1v) is 20.1. The van der Waals surface area contributed by atoms with Crippen LogP contribution >= 0.6 is 0 Å². The second kappa shape index (κ2) is 16.4. The number of amides is 2. The highest BCUT2D eigenvalue weighted by atomic mass is 16.4. The van der Waals surface area contributed by atoms with Crippen LogP contribution in [0.1, 0.15) is 168 Å². The monoisotopic (exact) mass is 760 g/mol. The largest absolute Gasteiger partial charge is 0.478 e. The predicted molar refractivity (Wildman–Crippen MR) is 226 cm³/mol. The lowest BCUT2D eigenvalue weighted by Crippen LogP contribution is -2.28. The molecule has 10 heteroatoms. The van der Waals surface area contributed by atoms with Gasteiger partial charge in [0.05, 0.1) is 33.6 Å². The summed E-state index contributed by atoms with van der Waals surface area (Å²) in [6.45, 7) is 18.7. The molecule has 2 aliphatic rings. The molecule has 0 spiro atoms. The number of carboxylic acids is 2. The van der Waals surface area contributed by atoms with Crippen LogP contribution in [0.5, 0.6) is 0 Å². The van der Waals surface area contributed by atoms with E-state index >= 15 is 9.59 Å². The number of rotatable bonds is 12. The van der Waals surface area contributed by atoms with E-state index in [4.69, 9.17) is 0 Å². The first kappa shape index (κ1) is 40.3. The van der Waals surface area contributed by atoms with Gasteiger partial charge in [0.2, 0.25) is 0 Å². The average molecular weight is 761 g/mol. The second-order valence-corrected chi connectivity index (χ2v) is 16.5. The van der Waals surface area contributed by atoms with Gasteiger partial charge in [0, 0.05) is 48.3 Å². The Balaban J connectivity index is 1.73. The van der Waals surface area contributed by atoms with Crippen LogP contribution in [0.25, 0.3) is 10.8 Å². The molecule has 0 unspecified atom stereocenters. The molecule has 0 aromatic heterocycles. The lowest BCUT2D eigenvalue weighted by Gasteiger charge is -2.29. The van der Waals surface area contributed by atoms with Crippen LogP contribution in [0.15, 0.2) is 48.5 Å². The first-order chi connectivity index (χ1) is 26.6. The third kappa shape index (κ3) is 7.58. The molecule has 2 fully saturated rings. The van der Waals surface area contributed by atoms with Crippen LogP contribution in [-0.4, -0.2) is 60.1 Å². The zero-order valence-electron chi connectivity index (χ0n) is 34.0. The number of carbonyl (C=O) groups is 4. The summed E-state index contributed by atoms with van der Waals surface area (Å²) in [5.41, 5.74) is 5.29. The molecular formula is C46H56N4O6. The van der Waals surface area contributed by atoms with E-state index in [9.17, 15) is 19.8 Å². The summed E-state index contributed by atoms with van der Waals surface area (Å²) in [6.07, 6.45) is 3.30. The number of hydrogen-bond acceptors (Lipinski definition) is 6. The lowest BCUT2D eigenvalue weighted by molar-refractivity contribution is 0.0684. The third-order valence-electron chi connectivity index (χ3n) is 11.4. The first-order valence-electron chi connectivity index (χ1n) is 20.1. The van der Waals surface area contributed by atoms with Gasteiger partial charge in [0.1, 0.15) is 0 Å². The molecular weight excluding hydrogens is 705 g/mol. The number of benzene rings is 4. The minimum absolute atomic E-state index is 0.0121. The summed E-state index contributed by atoms with van der Waals surface area (Å²) >= 11 is 0.